The van der Waals surface area contributed by atoms with E-state index in [4.69, 9.17) is 0 Å². The number of hydrogen-bond acceptors (Lipinski definition) is 3. The zero-order chi connectivity index (χ0) is 23.1. The molecule has 0 bridgehead atoms. The van der Waals surface area contributed by atoms with E-state index in [2.05, 4.69) is 5.32 Å². The van der Waals surface area contributed by atoms with Crippen LogP contribution in [0.4, 0.5) is 10.5 Å². The first kappa shape index (κ1) is 23.3. The highest BCUT2D eigenvalue weighted by atomic mass is 16.2. The lowest BCUT2D eigenvalue weighted by molar-refractivity contribution is -0.138. The van der Waals surface area contributed by atoms with Crippen LogP contribution >= 0.6 is 0 Å². The summed E-state index contributed by atoms with van der Waals surface area (Å²) in [5.74, 6) is 0.0783. The highest BCUT2D eigenvalue weighted by Crippen LogP contribution is 2.20. The lowest BCUT2D eigenvalue weighted by Gasteiger charge is -2.34. The van der Waals surface area contributed by atoms with Gasteiger partial charge in [0.2, 0.25) is 11.8 Å². The molecule has 170 valence electrons. The summed E-state index contributed by atoms with van der Waals surface area (Å²) >= 11 is 0. The number of urea groups is 1. The smallest absolute Gasteiger partial charge is 0.322 e. The molecular formula is C25H32N4O3. The minimum absolute atomic E-state index is 0.0132. The molecule has 1 aliphatic rings. The first-order valence-corrected chi connectivity index (χ1v) is 11.1. The molecule has 7 nitrogen and oxygen atoms in total. The van der Waals surface area contributed by atoms with Gasteiger partial charge in [0.15, 0.2) is 0 Å². The first-order chi connectivity index (χ1) is 15.3. The zero-order valence-corrected chi connectivity index (χ0v) is 19.1. The van der Waals surface area contributed by atoms with E-state index in [1.165, 1.54) is 0 Å². The van der Waals surface area contributed by atoms with Crippen molar-refractivity contribution in [1.29, 1.82) is 0 Å². The Labute approximate surface area is 190 Å². The predicted octanol–water partition coefficient (Wildman–Crippen LogP) is 3.04. The third-order valence-corrected chi connectivity index (χ3v) is 5.50. The highest BCUT2D eigenvalue weighted by Gasteiger charge is 2.23. The molecule has 1 fully saturated rings. The van der Waals surface area contributed by atoms with E-state index in [0.29, 0.717) is 32.7 Å². The molecule has 0 aromatic heterocycles. The van der Waals surface area contributed by atoms with Crippen molar-refractivity contribution in [3.05, 3.63) is 65.7 Å². The van der Waals surface area contributed by atoms with Gasteiger partial charge in [0.1, 0.15) is 0 Å². The molecule has 0 unspecified atom stereocenters. The molecule has 32 heavy (non-hydrogen) atoms. The predicted molar refractivity (Wildman–Crippen MR) is 125 cm³/mol. The number of carbonyl (C=O) groups excluding carboxylic acids is 3. The molecule has 0 atom stereocenters. The molecule has 7 heteroatoms. The quantitative estimate of drug-likeness (QED) is 0.757. The number of hydrogen-bond donors (Lipinski definition) is 1. The van der Waals surface area contributed by atoms with Crippen LogP contribution < -0.4 is 10.2 Å². The molecule has 1 N–H and O–H groups in total. The minimum Gasteiger partial charge on any atom is -0.339 e. The number of benzene rings is 2. The van der Waals surface area contributed by atoms with E-state index in [0.717, 1.165) is 16.8 Å². The molecule has 3 rings (SSSR count). The van der Waals surface area contributed by atoms with Gasteiger partial charge in [-0.05, 0) is 37.1 Å². The van der Waals surface area contributed by atoms with Crippen molar-refractivity contribution < 1.29 is 14.4 Å². The topological polar surface area (TPSA) is 73.0 Å². The minimum atomic E-state index is -0.173. The highest BCUT2D eigenvalue weighted by molar-refractivity contribution is 5.92. The maximum atomic E-state index is 12.9. The maximum absolute atomic E-state index is 12.9. The van der Waals surface area contributed by atoms with Gasteiger partial charge >= 0.3 is 6.03 Å². The number of amides is 4. The van der Waals surface area contributed by atoms with Crippen molar-refractivity contribution in [2.45, 2.75) is 39.8 Å². The van der Waals surface area contributed by atoms with E-state index in [9.17, 15) is 14.4 Å². The molecule has 2 aromatic carbocycles. The van der Waals surface area contributed by atoms with Gasteiger partial charge in [-0.25, -0.2) is 4.79 Å². The van der Waals surface area contributed by atoms with Crippen LogP contribution in [0.2, 0.25) is 0 Å². The van der Waals surface area contributed by atoms with Gasteiger partial charge in [-0.2, -0.15) is 0 Å². The third-order valence-electron chi connectivity index (χ3n) is 5.50. The molecule has 0 spiro atoms. The van der Waals surface area contributed by atoms with E-state index < -0.39 is 0 Å². The largest absolute Gasteiger partial charge is 0.339 e. The SMILES string of the molecule is CC(=O)N1CCN(C(=O)Cc2cccc(N(Cc3ccccc3)C(=O)NC(C)C)c2)CC1. The van der Waals surface area contributed by atoms with Gasteiger partial charge in [0, 0.05) is 44.8 Å². The summed E-state index contributed by atoms with van der Waals surface area (Å²) < 4.78 is 0. The van der Waals surface area contributed by atoms with Crippen LogP contribution in [-0.2, 0) is 22.6 Å². The number of anilines is 1. The summed E-state index contributed by atoms with van der Waals surface area (Å²) in [5, 5.41) is 2.97. The first-order valence-electron chi connectivity index (χ1n) is 11.1. The fourth-order valence-corrected chi connectivity index (χ4v) is 3.76. The standard InChI is InChI=1S/C25H32N4O3/c1-19(2)26-25(32)29(18-21-8-5-4-6-9-21)23-11-7-10-22(16-23)17-24(31)28-14-12-27(13-15-28)20(3)30/h4-11,16,19H,12-15,17-18H2,1-3H3,(H,26,32). The summed E-state index contributed by atoms with van der Waals surface area (Å²) in [5.41, 5.74) is 2.63. The number of nitrogens with one attached hydrogen (secondary N) is 1. The second-order valence-corrected chi connectivity index (χ2v) is 8.41. The summed E-state index contributed by atoms with van der Waals surface area (Å²) in [7, 11) is 0. The fraction of sp³-hybridized carbons (Fsp3) is 0.400. The summed E-state index contributed by atoms with van der Waals surface area (Å²) in [4.78, 5) is 42.5. The Morgan fingerprint density at radius 3 is 2.16 bits per heavy atom. The van der Waals surface area contributed by atoms with Crippen LogP contribution in [0.15, 0.2) is 54.6 Å². The number of piperazine rings is 1. The average molecular weight is 437 g/mol. The van der Waals surface area contributed by atoms with Crippen LogP contribution in [0.3, 0.4) is 0 Å². The Balaban J connectivity index is 1.73. The maximum Gasteiger partial charge on any atom is 0.322 e. The molecule has 0 saturated carbocycles. The Bertz CT molecular complexity index is 937. The van der Waals surface area contributed by atoms with Crippen molar-refractivity contribution in [1.82, 2.24) is 15.1 Å². The lowest BCUT2D eigenvalue weighted by atomic mass is 10.1. The van der Waals surface area contributed by atoms with Crippen LogP contribution in [0.1, 0.15) is 31.9 Å². The Hall–Kier alpha value is -3.35. The normalized spacial score (nSPS) is 13.8. The van der Waals surface area contributed by atoms with Crippen LogP contribution in [-0.4, -0.2) is 59.9 Å². The third kappa shape index (κ3) is 6.33. The van der Waals surface area contributed by atoms with E-state index in [1.807, 2.05) is 68.4 Å². The molecular weight excluding hydrogens is 404 g/mol. The summed E-state index contributed by atoms with van der Waals surface area (Å²) in [6, 6.07) is 17.3. The van der Waals surface area contributed by atoms with Crippen molar-refractivity contribution in [2.24, 2.45) is 0 Å². The molecule has 0 radical (unpaired) electrons. The van der Waals surface area contributed by atoms with Gasteiger partial charge in [0.05, 0.1) is 13.0 Å². The van der Waals surface area contributed by atoms with E-state index >= 15 is 0 Å². The van der Waals surface area contributed by atoms with Gasteiger partial charge in [-0.15, -0.1) is 0 Å². The summed E-state index contributed by atoms with van der Waals surface area (Å²) in [6.45, 7) is 8.09. The lowest BCUT2D eigenvalue weighted by Crippen LogP contribution is -2.50. The van der Waals surface area contributed by atoms with Crippen molar-refractivity contribution >= 4 is 23.5 Å². The second-order valence-electron chi connectivity index (χ2n) is 8.41. The summed E-state index contributed by atoms with van der Waals surface area (Å²) in [6.07, 6.45) is 0.263. The van der Waals surface area contributed by atoms with Crippen molar-refractivity contribution in [3.63, 3.8) is 0 Å². The Morgan fingerprint density at radius 1 is 0.906 bits per heavy atom. The Morgan fingerprint density at radius 2 is 1.53 bits per heavy atom. The van der Waals surface area contributed by atoms with Crippen molar-refractivity contribution in [2.75, 3.05) is 31.1 Å². The van der Waals surface area contributed by atoms with Gasteiger partial charge in [-0.1, -0.05) is 42.5 Å². The number of nitrogens with zero attached hydrogens (tertiary/aromatic N) is 3. The molecule has 2 aromatic rings. The monoisotopic (exact) mass is 436 g/mol. The molecule has 4 amide bonds. The molecule has 1 aliphatic heterocycles. The molecule has 1 saturated heterocycles. The Kier molecular flexibility index (Phi) is 7.87. The molecule has 1 heterocycles. The van der Waals surface area contributed by atoms with E-state index in [1.54, 1.807) is 21.6 Å². The van der Waals surface area contributed by atoms with Crippen LogP contribution in [0, 0.1) is 0 Å². The van der Waals surface area contributed by atoms with Crippen molar-refractivity contribution in [3.8, 4) is 0 Å². The number of rotatable bonds is 6. The number of carbonyl (C=O) groups is 3. The van der Waals surface area contributed by atoms with E-state index in [-0.39, 0.29) is 30.3 Å². The molecule has 0 aliphatic carbocycles. The second kappa shape index (κ2) is 10.8. The van der Waals surface area contributed by atoms with Crippen LogP contribution in [0.25, 0.3) is 0 Å². The van der Waals surface area contributed by atoms with Crippen LogP contribution in [0.5, 0.6) is 0 Å². The van der Waals surface area contributed by atoms with Gasteiger partial charge in [0.25, 0.3) is 0 Å². The zero-order valence-electron chi connectivity index (χ0n) is 19.1. The fourth-order valence-electron chi connectivity index (χ4n) is 3.76. The van der Waals surface area contributed by atoms with Gasteiger partial charge in [-0.3, -0.25) is 14.5 Å². The average Bonchev–Trinajstić information content (AvgIpc) is 2.78. The van der Waals surface area contributed by atoms with Gasteiger partial charge < -0.3 is 15.1 Å².